The first-order chi connectivity index (χ1) is 10.1. The molecule has 0 fully saturated rings. The summed E-state index contributed by atoms with van der Waals surface area (Å²) in [5, 5.41) is 0. The molecule has 5 heteroatoms. The molecule has 0 radical (unpaired) electrons. The monoisotopic (exact) mass is 297 g/mol. The normalized spacial score (nSPS) is 11.0. The van der Waals surface area contributed by atoms with E-state index in [2.05, 4.69) is 18.7 Å². The molecule has 21 heavy (non-hydrogen) atoms. The molecule has 0 saturated carbocycles. The topological polar surface area (TPSA) is 41.7 Å². The minimum atomic E-state index is -0.294. The van der Waals surface area contributed by atoms with E-state index in [0.29, 0.717) is 17.1 Å². The number of ether oxygens (including phenoxy) is 1. The Labute approximate surface area is 127 Å². The van der Waals surface area contributed by atoms with Gasteiger partial charge in [0.25, 0.3) is 0 Å². The Balaban J connectivity index is 2.76. The number of rotatable bonds is 9. The second-order valence-electron chi connectivity index (χ2n) is 5.01. The van der Waals surface area contributed by atoms with E-state index in [4.69, 9.17) is 10.5 Å². The van der Waals surface area contributed by atoms with Gasteiger partial charge in [0.2, 0.25) is 0 Å². The molecule has 1 aromatic rings. The van der Waals surface area contributed by atoms with Crippen molar-refractivity contribution in [2.45, 2.75) is 27.2 Å². The van der Waals surface area contributed by atoms with Crippen molar-refractivity contribution in [3.63, 3.8) is 0 Å². The van der Waals surface area contributed by atoms with Gasteiger partial charge in [0.15, 0.2) is 0 Å². The minimum absolute atomic E-state index is 0.294. The van der Waals surface area contributed by atoms with E-state index in [0.717, 1.165) is 39.1 Å². The molecular formula is C16H28FN3O. The molecule has 2 N–H and O–H groups in total. The van der Waals surface area contributed by atoms with Crippen molar-refractivity contribution in [1.82, 2.24) is 4.90 Å². The van der Waals surface area contributed by atoms with E-state index in [1.165, 1.54) is 6.07 Å². The van der Waals surface area contributed by atoms with Crippen LogP contribution in [0.5, 0.6) is 5.75 Å². The summed E-state index contributed by atoms with van der Waals surface area (Å²) < 4.78 is 19.3. The Morgan fingerprint density at radius 1 is 1.10 bits per heavy atom. The number of nitrogens with zero attached hydrogens (tertiary/aromatic N) is 2. The van der Waals surface area contributed by atoms with Gasteiger partial charge in [0.1, 0.15) is 11.6 Å². The summed E-state index contributed by atoms with van der Waals surface area (Å²) in [7, 11) is 1.55. The fraction of sp³-hybridized carbons (Fsp3) is 0.625. The van der Waals surface area contributed by atoms with Crippen LogP contribution >= 0.6 is 0 Å². The van der Waals surface area contributed by atoms with Crippen molar-refractivity contribution < 1.29 is 9.13 Å². The predicted molar refractivity (Wildman–Crippen MR) is 87.7 cm³/mol. The first-order valence-electron chi connectivity index (χ1n) is 7.67. The van der Waals surface area contributed by atoms with Gasteiger partial charge in [0, 0.05) is 25.2 Å². The van der Waals surface area contributed by atoms with Gasteiger partial charge in [-0.25, -0.2) is 4.39 Å². The summed E-state index contributed by atoms with van der Waals surface area (Å²) in [6.07, 6.45) is 1.00. The van der Waals surface area contributed by atoms with Gasteiger partial charge in [0.05, 0.1) is 18.5 Å². The summed E-state index contributed by atoms with van der Waals surface area (Å²) in [4.78, 5) is 4.40. The Kier molecular flexibility index (Phi) is 7.29. The summed E-state index contributed by atoms with van der Waals surface area (Å²) in [6.45, 7) is 11.0. The average molecular weight is 297 g/mol. The van der Waals surface area contributed by atoms with Crippen LogP contribution in [0, 0.1) is 5.82 Å². The Bertz CT molecular complexity index is 436. The maximum absolute atomic E-state index is 14.1. The standard InChI is InChI=1S/C16H28FN3O/c1-5-19(6-2)9-8-10-20(7-3)15-12-16(21-4)14(18)11-13(15)17/h11-12H,5-10,18H2,1-4H3. The molecule has 0 aliphatic rings. The number of hydrogen-bond acceptors (Lipinski definition) is 4. The van der Waals surface area contributed by atoms with Crippen molar-refractivity contribution in [2.75, 3.05) is 50.5 Å². The first kappa shape index (κ1) is 17.6. The third-order valence-corrected chi connectivity index (χ3v) is 3.82. The number of benzene rings is 1. The highest BCUT2D eigenvalue weighted by Gasteiger charge is 2.14. The smallest absolute Gasteiger partial charge is 0.148 e. The maximum atomic E-state index is 14.1. The zero-order valence-electron chi connectivity index (χ0n) is 13.7. The summed E-state index contributed by atoms with van der Waals surface area (Å²) in [5.74, 6) is 0.228. The van der Waals surface area contributed by atoms with Gasteiger partial charge in [-0.2, -0.15) is 0 Å². The van der Waals surface area contributed by atoms with Gasteiger partial charge in [-0.3, -0.25) is 0 Å². The SMILES string of the molecule is CCN(CC)CCCN(CC)c1cc(OC)c(N)cc1F. The maximum Gasteiger partial charge on any atom is 0.148 e. The highest BCUT2D eigenvalue weighted by Crippen LogP contribution is 2.30. The number of nitrogen functional groups attached to an aromatic ring is 1. The number of anilines is 2. The predicted octanol–water partition coefficient (Wildman–Crippen LogP) is 2.97. The summed E-state index contributed by atoms with van der Waals surface area (Å²) in [6, 6.07) is 3.02. The summed E-state index contributed by atoms with van der Waals surface area (Å²) in [5.41, 5.74) is 6.62. The quantitative estimate of drug-likeness (QED) is 0.712. The zero-order valence-corrected chi connectivity index (χ0v) is 13.7. The fourth-order valence-electron chi connectivity index (χ4n) is 2.45. The molecule has 0 saturated heterocycles. The van der Waals surface area contributed by atoms with Crippen LogP contribution in [0.3, 0.4) is 0 Å². The third kappa shape index (κ3) is 4.77. The second-order valence-corrected chi connectivity index (χ2v) is 5.01. The van der Waals surface area contributed by atoms with E-state index < -0.39 is 0 Å². The molecule has 0 amide bonds. The molecule has 1 aromatic carbocycles. The minimum Gasteiger partial charge on any atom is -0.495 e. The molecule has 4 nitrogen and oxygen atoms in total. The highest BCUT2D eigenvalue weighted by molar-refractivity contribution is 5.63. The number of halogens is 1. The van der Waals surface area contributed by atoms with E-state index in [-0.39, 0.29) is 5.82 Å². The molecule has 1 rings (SSSR count). The highest BCUT2D eigenvalue weighted by atomic mass is 19.1. The van der Waals surface area contributed by atoms with Gasteiger partial charge in [-0.1, -0.05) is 13.8 Å². The van der Waals surface area contributed by atoms with Crippen molar-refractivity contribution >= 4 is 11.4 Å². The number of methoxy groups -OCH3 is 1. The van der Waals surface area contributed by atoms with Crippen molar-refractivity contribution in [3.8, 4) is 5.75 Å². The van der Waals surface area contributed by atoms with Crippen molar-refractivity contribution in [1.29, 1.82) is 0 Å². The lowest BCUT2D eigenvalue weighted by molar-refractivity contribution is 0.300. The van der Waals surface area contributed by atoms with Gasteiger partial charge < -0.3 is 20.3 Å². The average Bonchev–Trinajstić information content (AvgIpc) is 2.49. The molecule has 0 aromatic heterocycles. The number of nitrogens with two attached hydrogens (primary N) is 1. The lowest BCUT2D eigenvalue weighted by Crippen LogP contribution is -2.30. The van der Waals surface area contributed by atoms with Crippen LogP contribution < -0.4 is 15.4 Å². The van der Waals surface area contributed by atoms with Crippen LogP contribution in [0.15, 0.2) is 12.1 Å². The van der Waals surface area contributed by atoms with E-state index in [1.807, 2.05) is 11.8 Å². The van der Waals surface area contributed by atoms with Crippen LogP contribution in [0.1, 0.15) is 27.2 Å². The lowest BCUT2D eigenvalue weighted by Gasteiger charge is -2.26. The van der Waals surface area contributed by atoms with E-state index in [9.17, 15) is 4.39 Å². The molecule has 0 aliphatic carbocycles. The molecular weight excluding hydrogens is 269 g/mol. The summed E-state index contributed by atoms with van der Waals surface area (Å²) >= 11 is 0. The third-order valence-electron chi connectivity index (χ3n) is 3.82. The zero-order chi connectivity index (χ0) is 15.8. The van der Waals surface area contributed by atoms with Gasteiger partial charge in [-0.05, 0) is 33.0 Å². The molecule has 0 spiro atoms. The van der Waals surface area contributed by atoms with Crippen LogP contribution in [-0.4, -0.2) is 44.7 Å². The van der Waals surface area contributed by atoms with Gasteiger partial charge in [-0.15, -0.1) is 0 Å². The number of hydrogen-bond donors (Lipinski definition) is 1. The fourth-order valence-corrected chi connectivity index (χ4v) is 2.45. The second kappa shape index (κ2) is 8.72. The molecule has 120 valence electrons. The van der Waals surface area contributed by atoms with Crippen LogP contribution in [0.25, 0.3) is 0 Å². The van der Waals surface area contributed by atoms with Crippen LogP contribution in [0.2, 0.25) is 0 Å². The Hall–Kier alpha value is -1.49. The Morgan fingerprint density at radius 2 is 1.76 bits per heavy atom. The van der Waals surface area contributed by atoms with Crippen LogP contribution in [0.4, 0.5) is 15.8 Å². The Morgan fingerprint density at radius 3 is 2.29 bits per heavy atom. The molecule has 0 bridgehead atoms. The molecule has 0 heterocycles. The van der Waals surface area contributed by atoms with E-state index >= 15 is 0 Å². The van der Waals surface area contributed by atoms with Crippen LogP contribution in [-0.2, 0) is 0 Å². The lowest BCUT2D eigenvalue weighted by atomic mass is 10.2. The van der Waals surface area contributed by atoms with Gasteiger partial charge >= 0.3 is 0 Å². The molecule has 0 aliphatic heterocycles. The molecule has 0 unspecified atom stereocenters. The van der Waals surface area contributed by atoms with Crippen molar-refractivity contribution in [2.24, 2.45) is 0 Å². The first-order valence-corrected chi connectivity index (χ1v) is 7.67. The largest absolute Gasteiger partial charge is 0.495 e. The molecule has 0 atom stereocenters. The van der Waals surface area contributed by atoms with Crippen molar-refractivity contribution in [3.05, 3.63) is 17.9 Å². The van der Waals surface area contributed by atoms with E-state index in [1.54, 1.807) is 13.2 Å².